The van der Waals surface area contributed by atoms with Crippen LogP contribution in [0, 0.1) is 0 Å². The van der Waals surface area contributed by atoms with Crippen LogP contribution in [0.4, 0.5) is 17.1 Å². The van der Waals surface area contributed by atoms with Gasteiger partial charge in [-0.25, -0.2) is 0 Å². The minimum atomic E-state index is -0.502. The average Bonchev–Trinajstić information content (AvgIpc) is 3.98. The van der Waals surface area contributed by atoms with Crippen molar-refractivity contribution in [3.8, 4) is 62.1 Å². The lowest BCUT2D eigenvalue weighted by Crippen LogP contribution is -2.25. The van der Waals surface area contributed by atoms with Gasteiger partial charge in [-0.1, -0.05) is 164 Å². The van der Waals surface area contributed by atoms with Crippen LogP contribution in [0.25, 0.3) is 60.9 Å². The van der Waals surface area contributed by atoms with Gasteiger partial charge in [-0.05, 0) is 117 Å². The molecule has 1 aliphatic heterocycles. The molecule has 0 N–H and O–H groups in total. The summed E-state index contributed by atoms with van der Waals surface area (Å²) in [6, 6.07) is 82.8. The Balaban J connectivity index is 0.976. The van der Waals surface area contributed by atoms with Gasteiger partial charge in [0.25, 0.3) is 0 Å². The number of anilines is 3. The van der Waals surface area contributed by atoms with Gasteiger partial charge in [0, 0.05) is 33.4 Å². The van der Waals surface area contributed by atoms with Gasteiger partial charge in [0.2, 0.25) is 0 Å². The number of hydrogen-bond acceptors (Lipinski definition) is 3. The Kier molecular flexibility index (Phi) is 7.57. The van der Waals surface area contributed by atoms with E-state index in [1.807, 2.05) is 6.07 Å². The molecular formula is C61H38N2O2. The molecule has 4 nitrogen and oxygen atoms in total. The summed E-state index contributed by atoms with van der Waals surface area (Å²) in [5.41, 5.74) is 17.9. The fraction of sp³-hybridized carbons (Fsp3) is 0.0164. The van der Waals surface area contributed by atoms with Gasteiger partial charge in [0.05, 0.1) is 22.1 Å². The van der Waals surface area contributed by atoms with E-state index >= 15 is 0 Å². The van der Waals surface area contributed by atoms with Crippen molar-refractivity contribution in [3.63, 3.8) is 0 Å². The molecule has 1 spiro atoms. The van der Waals surface area contributed by atoms with Crippen LogP contribution in [0.5, 0.6) is 23.0 Å². The van der Waals surface area contributed by atoms with E-state index in [0.717, 1.165) is 61.6 Å². The first-order chi connectivity index (χ1) is 32.3. The first-order valence-electron chi connectivity index (χ1n) is 22.3. The van der Waals surface area contributed by atoms with Gasteiger partial charge in [0.15, 0.2) is 23.0 Å². The number of aromatic nitrogens is 1. The van der Waals surface area contributed by atoms with Crippen LogP contribution in [0.2, 0.25) is 0 Å². The molecule has 0 saturated heterocycles. The van der Waals surface area contributed by atoms with Gasteiger partial charge in [-0.2, -0.15) is 0 Å². The molecule has 0 bridgehead atoms. The van der Waals surface area contributed by atoms with Crippen LogP contribution >= 0.6 is 0 Å². The Bertz CT molecular complexity index is 3680. The minimum absolute atomic E-state index is 0.502. The van der Waals surface area contributed by atoms with Crippen LogP contribution in [-0.2, 0) is 5.41 Å². The predicted octanol–water partition coefficient (Wildman–Crippen LogP) is 16.2. The molecule has 11 aromatic rings. The molecule has 14 rings (SSSR count). The maximum Gasteiger partial charge on any atom is 0.194 e. The van der Waals surface area contributed by atoms with Crippen molar-refractivity contribution in [3.05, 3.63) is 253 Å². The topological polar surface area (TPSA) is 26.6 Å². The Labute approximate surface area is 376 Å². The van der Waals surface area contributed by atoms with E-state index in [-0.39, 0.29) is 0 Å². The van der Waals surface area contributed by atoms with Crippen molar-refractivity contribution in [2.24, 2.45) is 0 Å². The highest BCUT2D eigenvalue weighted by Gasteiger charge is 2.53. The van der Waals surface area contributed by atoms with Gasteiger partial charge in [-0.3, -0.25) is 0 Å². The highest BCUT2D eigenvalue weighted by Crippen LogP contribution is 2.67. The first kappa shape index (κ1) is 35.9. The normalized spacial score (nSPS) is 13.3. The van der Waals surface area contributed by atoms with Crippen molar-refractivity contribution in [2.75, 3.05) is 4.90 Å². The molecule has 0 atom stereocenters. The monoisotopic (exact) mass is 830 g/mol. The number of benzene rings is 10. The lowest BCUT2D eigenvalue weighted by Gasteiger charge is -2.32. The molecule has 0 amide bonds. The molecule has 304 valence electrons. The third-order valence-corrected chi connectivity index (χ3v) is 13.9. The second-order valence-electron chi connectivity index (χ2n) is 17.1. The van der Waals surface area contributed by atoms with Crippen molar-refractivity contribution < 1.29 is 9.47 Å². The zero-order chi connectivity index (χ0) is 42.6. The van der Waals surface area contributed by atoms with Crippen LogP contribution in [-0.4, -0.2) is 4.57 Å². The Hall–Kier alpha value is -8.60. The van der Waals surface area contributed by atoms with Gasteiger partial charge < -0.3 is 18.9 Å². The van der Waals surface area contributed by atoms with Gasteiger partial charge in [0.1, 0.15) is 0 Å². The number of fused-ring (bicyclic) bond motifs is 16. The standard InChI is InChI=1S/C61H38N2O2/c1-3-16-39(17-4-1)40-30-32-42(33-31-40)62(43-34-36-54-48(38-43)46-22-10-14-27-53(46)63(54)41-18-5-2-6-19-41)55-28-15-29-56-59(55)65-60-57(64-56)37-35-52-58(60)47-23-9-13-26-51(47)61(52)49-24-11-7-20-44(49)45-21-8-12-25-50(45)61/h1-38H. The number of nitrogens with zero attached hydrogens (tertiary/aromatic N) is 2. The van der Waals surface area contributed by atoms with Gasteiger partial charge >= 0.3 is 0 Å². The average molecular weight is 831 g/mol. The Morgan fingerprint density at radius 2 is 0.954 bits per heavy atom. The summed E-state index contributed by atoms with van der Waals surface area (Å²) in [6.45, 7) is 0. The largest absolute Gasteiger partial charge is 0.449 e. The molecular weight excluding hydrogens is 793 g/mol. The fourth-order valence-electron chi connectivity index (χ4n) is 11.2. The fourth-order valence-corrected chi connectivity index (χ4v) is 11.2. The summed E-state index contributed by atoms with van der Waals surface area (Å²) in [4.78, 5) is 2.32. The second-order valence-corrected chi connectivity index (χ2v) is 17.1. The molecule has 0 radical (unpaired) electrons. The summed E-state index contributed by atoms with van der Waals surface area (Å²) in [5.74, 6) is 2.77. The number of ether oxygens (including phenoxy) is 2. The molecule has 0 unspecified atom stereocenters. The van der Waals surface area contributed by atoms with E-state index < -0.39 is 5.41 Å². The smallest absolute Gasteiger partial charge is 0.194 e. The number of hydrogen-bond donors (Lipinski definition) is 0. The Morgan fingerprint density at radius 3 is 1.71 bits per heavy atom. The molecule has 1 aromatic heterocycles. The minimum Gasteiger partial charge on any atom is -0.449 e. The van der Waals surface area contributed by atoms with Gasteiger partial charge in [-0.15, -0.1) is 0 Å². The third kappa shape index (κ3) is 5.02. The summed E-state index contributed by atoms with van der Waals surface area (Å²) < 4.78 is 16.8. The molecule has 10 aromatic carbocycles. The molecule has 3 aliphatic rings. The lowest BCUT2D eigenvalue weighted by molar-refractivity contribution is 0.361. The SMILES string of the molecule is c1ccc(-c2ccc(N(c3ccc4c(c3)c3ccccc3n4-c3ccccc3)c3cccc4c3Oc3c(ccc5c3-c3ccccc3C53c5ccccc5-c5ccccc53)O4)cc2)cc1. The first-order valence-corrected chi connectivity index (χ1v) is 22.3. The molecule has 2 heterocycles. The van der Waals surface area contributed by atoms with Crippen LogP contribution < -0.4 is 14.4 Å². The van der Waals surface area contributed by atoms with E-state index in [1.165, 1.54) is 44.3 Å². The van der Waals surface area contributed by atoms with Crippen molar-refractivity contribution >= 4 is 38.9 Å². The van der Waals surface area contributed by atoms with E-state index in [1.54, 1.807) is 0 Å². The van der Waals surface area contributed by atoms with Crippen molar-refractivity contribution in [1.29, 1.82) is 0 Å². The number of para-hydroxylation sites is 3. The van der Waals surface area contributed by atoms with E-state index in [0.29, 0.717) is 17.2 Å². The maximum atomic E-state index is 7.45. The van der Waals surface area contributed by atoms with Crippen molar-refractivity contribution in [1.82, 2.24) is 4.57 Å². The zero-order valence-electron chi connectivity index (χ0n) is 35.2. The summed E-state index contributed by atoms with van der Waals surface area (Å²) in [7, 11) is 0. The number of rotatable bonds is 5. The molecule has 4 heteroatoms. The quantitative estimate of drug-likeness (QED) is 0.173. The molecule has 0 fully saturated rings. The molecule has 0 saturated carbocycles. The molecule has 65 heavy (non-hydrogen) atoms. The van der Waals surface area contributed by atoms with E-state index in [4.69, 9.17) is 9.47 Å². The molecule has 2 aliphatic carbocycles. The van der Waals surface area contributed by atoms with Crippen molar-refractivity contribution in [2.45, 2.75) is 5.41 Å². The maximum absolute atomic E-state index is 7.45. The highest BCUT2D eigenvalue weighted by atomic mass is 16.6. The summed E-state index contributed by atoms with van der Waals surface area (Å²) in [6.07, 6.45) is 0. The second kappa shape index (κ2) is 13.7. The van der Waals surface area contributed by atoms with E-state index in [2.05, 4.69) is 234 Å². The van der Waals surface area contributed by atoms with Crippen LogP contribution in [0.3, 0.4) is 0 Å². The summed E-state index contributed by atoms with van der Waals surface area (Å²) in [5, 5.41) is 2.35. The Morgan fingerprint density at radius 1 is 0.369 bits per heavy atom. The third-order valence-electron chi connectivity index (χ3n) is 13.9. The predicted molar refractivity (Wildman–Crippen MR) is 264 cm³/mol. The van der Waals surface area contributed by atoms with Crippen LogP contribution in [0.1, 0.15) is 22.3 Å². The highest BCUT2D eigenvalue weighted by molar-refractivity contribution is 6.11. The summed E-state index contributed by atoms with van der Waals surface area (Å²) >= 11 is 0. The van der Waals surface area contributed by atoms with Crippen LogP contribution in [0.15, 0.2) is 231 Å². The zero-order valence-corrected chi connectivity index (χ0v) is 35.2. The lowest BCUT2D eigenvalue weighted by atomic mass is 9.70. The van der Waals surface area contributed by atoms with E-state index in [9.17, 15) is 0 Å².